The van der Waals surface area contributed by atoms with E-state index in [1.54, 1.807) is 12.5 Å². The highest BCUT2D eigenvalue weighted by atomic mass is 16.3. The van der Waals surface area contributed by atoms with E-state index in [0.717, 1.165) is 30.4 Å². The number of fused-ring (bicyclic) bond motifs is 1. The number of imidazole rings is 1. The Hall–Kier alpha value is -1.73. The molecule has 2 heterocycles. The fourth-order valence-corrected chi connectivity index (χ4v) is 3.13. The summed E-state index contributed by atoms with van der Waals surface area (Å²) >= 11 is 0. The summed E-state index contributed by atoms with van der Waals surface area (Å²) in [6.07, 6.45) is 6.04. The van der Waals surface area contributed by atoms with Gasteiger partial charge < -0.3 is 20.5 Å². The highest BCUT2D eigenvalue weighted by molar-refractivity contribution is 5.70. The van der Waals surface area contributed by atoms with E-state index < -0.39 is 0 Å². The zero-order valence-electron chi connectivity index (χ0n) is 11.2. The first-order valence-corrected chi connectivity index (χ1v) is 6.89. The molecule has 1 saturated carbocycles. The SMILES string of the molecule is Nc1ncc2ncn(C3CCC(CO)C(CO)C3)c2n1. The van der Waals surface area contributed by atoms with Gasteiger partial charge in [0.25, 0.3) is 0 Å². The fourth-order valence-electron chi connectivity index (χ4n) is 3.13. The molecule has 0 aromatic carbocycles. The largest absolute Gasteiger partial charge is 0.396 e. The predicted octanol–water partition coefficient (Wildman–Crippen LogP) is 0.350. The van der Waals surface area contributed by atoms with E-state index in [0.29, 0.717) is 0 Å². The van der Waals surface area contributed by atoms with Gasteiger partial charge in [0.2, 0.25) is 5.95 Å². The summed E-state index contributed by atoms with van der Waals surface area (Å²) in [6, 6.07) is 0.231. The molecule has 0 saturated heterocycles. The fraction of sp³-hybridized carbons (Fsp3) is 0.615. The molecule has 2 aromatic rings. The number of nitrogens with two attached hydrogens (primary N) is 1. The Morgan fingerprint density at radius 3 is 2.75 bits per heavy atom. The second-order valence-electron chi connectivity index (χ2n) is 5.44. The van der Waals surface area contributed by atoms with Gasteiger partial charge in [-0.05, 0) is 31.1 Å². The van der Waals surface area contributed by atoms with Crippen molar-refractivity contribution < 1.29 is 10.2 Å². The third kappa shape index (κ3) is 2.23. The second-order valence-corrected chi connectivity index (χ2v) is 5.44. The van der Waals surface area contributed by atoms with Crippen molar-refractivity contribution in [1.82, 2.24) is 19.5 Å². The van der Waals surface area contributed by atoms with Crippen molar-refractivity contribution in [1.29, 1.82) is 0 Å². The Morgan fingerprint density at radius 2 is 2.00 bits per heavy atom. The van der Waals surface area contributed by atoms with E-state index >= 15 is 0 Å². The van der Waals surface area contributed by atoms with Gasteiger partial charge in [-0.1, -0.05) is 0 Å². The van der Waals surface area contributed by atoms with Crippen LogP contribution in [0.4, 0.5) is 5.95 Å². The molecule has 1 fully saturated rings. The summed E-state index contributed by atoms with van der Waals surface area (Å²) in [4.78, 5) is 12.5. The van der Waals surface area contributed by atoms with Gasteiger partial charge in [-0.3, -0.25) is 0 Å². The predicted molar refractivity (Wildman–Crippen MR) is 73.8 cm³/mol. The molecule has 20 heavy (non-hydrogen) atoms. The van der Waals surface area contributed by atoms with Crippen LogP contribution in [0.5, 0.6) is 0 Å². The third-order valence-electron chi connectivity index (χ3n) is 4.31. The Kier molecular flexibility index (Phi) is 3.54. The number of anilines is 1. The zero-order valence-corrected chi connectivity index (χ0v) is 11.2. The Balaban J connectivity index is 1.90. The number of hydrogen-bond donors (Lipinski definition) is 3. The second kappa shape index (κ2) is 5.34. The minimum atomic E-state index is 0.103. The zero-order chi connectivity index (χ0) is 14.1. The number of rotatable bonds is 3. The third-order valence-corrected chi connectivity index (χ3v) is 4.31. The molecule has 3 atom stereocenters. The van der Waals surface area contributed by atoms with Gasteiger partial charge in [-0.15, -0.1) is 0 Å². The van der Waals surface area contributed by atoms with Crippen molar-refractivity contribution in [3.63, 3.8) is 0 Å². The van der Waals surface area contributed by atoms with Gasteiger partial charge in [0.15, 0.2) is 5.65 Å². The van der Waals surface area contributed by atoms with Gasteiger partial charge in [-0.2, -0.15) is 4.98 Å². The lowest BCUT2D eigenvalue weighted by Gasteiger charge is -2.34. The van der Waals surface area contributed by atoms with Crippen LogP contribution in [0.3, 0.4) is 0 Å². The standard InChI is InChI=1S/C13H19N5O2/c14-13-15-4-11-12(17-13)18(7-16-11)10-2-1-8(5-19)9(3-10)6-20/h4,7-10,19-20H,1-3,5-6H2,(H2,14,15,17). The molecule has 7 heteroatoms. The lowest BCUT2D eigenvalue weighted by atomic mass is 9.77. The van der Waals surface area contributed by atoms with Crippen molar-refractivity contribution in [2.45, 2.75) is 25.3 Å². The number of nitrogen functional groups attached to an aromatic ring is 1. The lowest BCUT2D eigenvalue weighted by molar-refractivity contribution is 0.0678. The number of aliphatic hydroxyl groups is 2. The van der Waals surface area contributed by atoms with E-state index in [9.17, 15) is 10.2 Å². The highest BCUT2D eigenvalue weighted by Gasteiger charge is 2.31. The van der Waals surface area contributed by atoms with Crippen LogP contribution in [-0.4, -0.2) is 42.9 Å². The molecule has 0 amide bonds. The monoisotopic (exact) mass is 277 g/mol. The Morgan fingerprint density at radius 1 is 1.20 bits per heavy atom. The van der Waals surface area contributed by atoms with Crippen LogP contribution in [0, 0.1) is 11.8 Å². The van der Waals surface area contributed by atoms with Gasteiger partial charge in [0.05, 0.1) is 12.5 Å². The van der Waals surface area contributed by atoms with Crippen molar-refractivity contribution >= 4 is 17.1 Å². The molecular weight excluding hydrogens is 258 g/mol. The van der Waals surface area contributed by atoms with Crippen LogP contribution in [0.2, 0.25) is 0 Å². The molecular formula is C13H19N5O2. The van der Waals surface area contributed by atoms with Gasteiger partial charge in [0.1, 0.15) is 5.52 Å². The molecule has 0 aliphatic heterocycles. The van der Waals surface area contributed by atoms with E-state index in [1.165, 1.54) is 0 Å². The van der Waals surface area contributed by atoms with Crippen molar-refractivity contribution in [3.05, 3.63) is 12.5 Å². The smallest absolute Gasteiger partial charge is 0.222 e. The maximum absolute atomic E-state index is 9.48. The van der Waals surface area contributed by atoms with E-state index in [2.05, 4.69) is 15.0 Å². The van der Waals surface area contributed by atoms with Crippen molar-refractivity contribution in [3.8, 4) is 0 Å². The summed E-state index contributed by atoms with van der Waals surface area (Å²) in [7, 11) is 0. The van der Waals surface area contributed by atoms with Gasteiger partial charge in [-0.25, -0.2) is 9.97 Å². The van der Waals surface area contributed by atoms with E-state index in [1.807, 2.05) is 4.57 Å². The van der Waals surface area contributed by atoms with Crippen molar-refractivity contribution in [2.75, 3.05) is 18.9 Å². The highest BCUT2D eigenvalue weighted by Crippen LogP contribution is 2.37. The Bertz CT molecular complexity index is 599. The first kappa shape index (κ1) is 13.3. The maximum atomic E-state index is 9.48. The van der Waals surface area contributed by atoms with Crippen LogP contribution in [0.25, 0.3) is 11.2 Å². The molecule has 0 radical (unpaired) electrons. The molecule has 1 aliphatic carbocycles. The average Bonchev–Trinajstić information content (AvgIpc) is 2.89. The van der Waals surface area contributed by atoms with Crippen LogP contribution >= 0.6 is 0 Å². The van der Waals surface area contributed by atoms with E-state index in [-0.39, 0.29) is 37.0 Å². The van der Waals surface area contributed by atoms with Crippen LogP contribution in [-0.2, 0) is 0 Å². The molecule has 0 bridgehead atoms. The first-order chi connectivity index (χ1) is 9.72. The summed E-state index contributed by atoms with van der Waals surface area (Å²) in [6.45, 7) is 0.239. The number of nitrogens with zero attached hydrogens (tertiary/aromatic N) is 4. The molecule has 108 valence electrons. The summed E-state index contributed by atoms with van der Waals surface area (Å²) in [5, 5.41) is 18.8. The molecule has 3 rings (SSSR count). The molecule has 4 N–H and O–H groups in total. The Labute approximate surface area is 116 Å². The topological polar surface area (TPSA) is 110 Å². The quantitative estimate of drug-likeness (QED) is 0.746. The molecule has 7 nitrogen and oxygen atoms in total. The molecule has 1 aliphatic rings. The minimum absolute atomic E-state index is 0.103. The van der Waals surface area contributed by atoms with Crippen LogP contribution < -0.4 is 5.73 Å². The molecule has 2 aromatic heterocycles. The summed E-state index contributed by atoms with van der Waals surface area (Å²) in [5.41, 5.74) is 7.11. The maximum Gasteiger partial charge on any atom is 0.222 e. The van der Waals surface area contributed by atoms with Gasteiger partial charge >= 0.3 is 0 Å². The number of aliphatic hydroxyl groups excluding tert-OH is 2. The van der Waals surface area contributed by atoms with E-state index in [4.69, 9.17) is 5.73 Å². The van der Waals surface area contributed by atoms with Crippen LogP contribution in [0.1, 0.15) is 25.3 Å². The van der Waals surface area contributed by atoms with Crippen molar-refractivity contribution in [2.24, 2.45) is 11.8 Å². The minimum Gasteiger partial charge on any atom is -0.396 e. The molecule has 3 unspecified atom stereocenters. The average molecular weight is 277 g/mol. The normalized spacial score (nSPS) is 27.0. The lowest BCUT2D eigenvalue weighted by Crippen LogP contribution is -2.31. The summed E-state index contributed by atoms with van der Waals surface area (Å²) in [5.74, 6) is 0.545. The first-order valence-electron chi connectivity index (χ1n) is 6.89. The molecule has 0 spiro atoms. The summed E-state index contributed by atoms with van der Waals surface area (Å²) < 4.78 is 2.02. The van der Waals surface area contributed by atoms with Crippen LogP contribution in [0.15, 0.2) is 12.5 Å². The number of aromatic nitrogens is 4. The number of hydrogen-bond acceptors (Lipinski definition) is 6. The van der Waals surface area contributed by atoms with Gasteiger partial charge in [0, 0.05) is 19.3 Å².